The molecule has 11 heteroatoms. The molecule has 0 bridgehead atoms. The van der Waals surface area contributed by atoms with Gasteiger partial charge in [0.05, 0.1) is 5.02 Å². The minimum Gasteiger partial charge on any atom is -0.404 e. The van der Waals surface area contributed by atoms with Crippen molar-refractivity contribution in [3.63, 3.8) is 0 Å². The number of hydrogen-bond acceptors (Lipinski definition) is 4. The molecule has 2 amide bonds. The fraction of sp³-hybridized carbons (Fsp3) is 0.484. The third-order valence-corrected chi connectivity index (χ3v) is 14.6. The number of primary amides is 1. The lowest BCUT2D eigenvalue weighted by atomic mass is 9.66. The van der Waals surface area contributed by atoms with E-state index < -0.39 is 48.0 Å². The zero-order valence-electron chi connectivity index (χ0n) is 25.6. The Morgan fingerprint density at radius 2 is 1.48 bits per heavy atom. The number of halogens is 4. The Bertz CT molecular complexity index is 1360. The van der Waals surface area contributed by atoms with E-state index in [9.17, 15) is 22.8 Å². The van der Waals surface area contributed by atoms with Gasteiger partial charge in [-0.2, -0.15) is 0 Å². The van der Waals surface area contributed by atoms with Gasteiger partial charge in [-0.1, -0.05) is 92.1 Å². The number of anilines is 2. The number of ether oxygens (including phenoxy) is 1. The van der Waals surface area contributed by atoms with Crippen LogP contribution >= 0.6 is 11.6 Å². The van der Waals surface area contributed by atoms with Crippen LogP contribution in [0, 0.1) is 16.9 Å². The summed E-state index contributed by atoms with van der Waals surface area (Å²) in [7, 11) is -2.43. The highest BCUT2D eigenvalue weighted by molar-refractivity contribution is 6.90. The van der Waals surface area contributed by atoms with Gasteiger partial charge in [-0.05, 0) is 52.2 Å². The lowest BCUT2D eigenvalue weighted by Crippen LogP contribution is -2.64. The van der Waals surface area contributed by atoms with E-state index in [1.54, 1.807) is 45.0 Å². The SMILES string of the molecule is CC(C)[Si](C#CC(=O)N(c1ccc(OC(F)(F)F)c(Cl)c1)C(C(N)=O)(c1ccccc1N)C(C)(C)C)(C(C)C)C(C)C. The maximum atomic E-state index is 14.4. The molecule has 2 aromatic rings. The first-order chi connectivity index (χ1) is 19.1. The van der Waals surface area contributed by atoms with Gasteiger partial charge in [-0.25, -0.2) is 0 Å². The average Bonchev–Trinajstić information content (AvgIpc) is 2.82. The van der Waals surface area contributed by atoms with Gasteiger partial charge in [0.15, 0.2) is 5.54 Å². The summed E-state index contributed by atoms with van der Waals surface area (Å²) < 4.78 is 43.0. The summed E-state index contributed by atoms with van der Waals surface area (Å²) in [5, 5.41) is -0.431. The number of carbonyl (C=O) groups is 2. The van der Waals surface area contributed by atoms with Crippen LogP contribution in [-0.2, 0) is 15.1 Å². The third-order valence-electron chi connectivity index (χ3n) is 7.98. The maximum absolute atomic E-state index is 14.4. The van der Waals surface area contributed by atoms with Crippen LogP contribution in [0.2, 0.25) is 21.6 Å². The van der Waals surface area contributed by atoms with Crippen molar-refractivity contribution in [3.8, 4) is 17.2 Å². The molecule has 0 aromatic heterocycles. The van der Waals surface area contributed by atoms with Crippen LogP contribution in [0.15, 0.2) is 42.5 Å². The molecule has 0 aliphatic carbocycles. The minimum absolute atomic E-state index is 0.00305. The third kappa shape index (κ3) is 6.57. The van der Waals surface area contributed by atoms with Crippen molar-refractivity contribution >= 4 is 42.9 Å². The van der Waals surface area contributed by atoms with E-state index in [-0.39, 0.29) is 33.6 Å². The smallest absolute Gasteiger partial charge is 0.404 e. The van der Waals surface area contributed by atoms with Crippen LogP contribution in [0.5, 0.6) is 5.75 Å². The number of nitrogens with zero attached hydrogens (tertiary/aromatic N) is 1. The Balaban J connectivity index is 3.07. The van der Waals surface area contributed by atoms with Gasteiger partial charge in [-0.15, -0.1) is 18.7 Å². The first kappa shape index (κ1) is 35.0. The number of nitrogen functional groups attached to an aromatic ring is 1. The van der Waals surface area contributed by atoms with Gasteiger partial charge >= 0.3 is 12.3 Å². The number of hydrogen-bond donors (Lipinski definition) is 2. The molecule has 42 heavy (non-hydrogen) atoms. The van der Waals surface area contributed by atoms with Crippen molar-refractivity contribution in [2.75, 3.05) is 10.6 Å². The first-order valence-electron chi connectivity index (χ1n) is 13.7. The van der Waals surface area contributed by atoms with Gasteiger partial charge in [0.1, 0.15) is 13.8 Å². The van der Waals surface area contributed by atoms with Crippen LogP contribution in [0.1, 0.15) is 67.9 Å². The number of amides is 2. The highest BCUT2D eigenvalue weighted by Crippen LogP contribution is 2.49. The Kier molecular flexibility index (Phi) is 10.5. The molecule has 1 unspecified atom stereocenters. The van der Waals surface area contributed by atoms with Gasteiger partial charge in [-0.3, -0.25) is 14.5 Å². The van der Waals surface area contributed by atoms with E-state index >= 15 is 0 Å². The average molecular weight is 624 g/mol. The van der Waals surface area contributed by atoms with Crippen molar-refractivity contribution in [2.45, 2.75) is 90.8 Å². The topological polar surface area (TPSA) is 98.6 Å². The standard InChI is InChI=1S/C31H41ClF3N3O3Si/c1-19(2)42(20(3)4,21(5)6)17-16-27(39)38(22-14-15-26(24(32)18-22)41-31(33,34)35)30(28(37)40,29(7,8)9)23-12-10-11-13-25(23)36/h10-15,18-21H,36H2,1-9H3,(H2,37,40). The fourth-order valence-corrected chi connectivity index (χ4v) is 11.7. The summed E-state index contributed by atoms with van der Waals surface area (Å²) >= 11 is 6.25. The first-order valence-corrected chi connectivity index (χ1v) is 16.3. The number of para-hydroxylation sites is 1. The van der Waals surface area contributed by atoms with Crippen LogP contribution in [0.4, 0.5) is 24.5 Å². The van der Waals surface area contributed by atoms with Crippen molar-refractivity contribution in [2.24, 2.45) is 11.1 Å². The zero-order chi connectivity index (χ0) is 32.4. The fourth-order valence-electron chi connectivity index (χ4n) is 6.25. The second kappa shape index (κ2) is 12.6. The van der Waals surface area contributed by atoms with Gasteiger partial charge in [0.2, 0.25) is 5.91 Å². The Labute approximate surface area is 252 Å². The molecular formula is C31H41ClF3N3O3Si. The number of carbonyl (C=O) groups excluding carboxylic acids is 2. The van der Waals surface area contributed by atoms with Gasteiger partial charge in [0, 0.05) is 16.9 Å². The predicted octanol–water partition coefficient (Wildman–Crippen LogP) is 7.80. The summed E-state index contributed by atoms with van der Waals surface area (Å²) in [6.45, 7) is 17.7. The maximum Gasteiger partial charge on any atom is 0.573 e. The summed E-state index contributed by atoms with van der Waals surface area (Å²) in [5.74, 6) is 0.507. The van der Waals surface area contributed by atoms with Crippen molar-refractivity contribution < 1.29 is 27.5 Å². The van der Waals surface area contributed by atoms with Crippen molar-refractivity contribution in [3.05, 3.63) is 53.1 Å². The van der Waals surface area contributed by atoms with E-state index in [0.29, 0.717) is 0 Å². The molecule has 0 aliphatic heterocycles. The van der Waals surface area contributed by atoms with Crippen LogP contribution in [0.3, 0.4) is 0 Å². The molecule has 1 atom stereocenters. The van der Waals surface area contributed by atoms with E-state index in [0.717, 1.165) is 17.0 Å². The summed E-state index contributed by atoms with van der Waals surface area (Å²) in [6, 6.07) is 9.83. The van der Waals surface area contributed by atoms with Gasteiger partial charge < -0.3 is 16.2 Å². The highest BCUT2D eigenvalue weighted by Gasteiger charge is 2.57. The molecule has 0 saturated heterocycles. The van der Waals surface area contributed by atoms with Gasteiger partial charge in [0.25, 0.3) is 0 Å². The van der Waals surface area contributed by atoms with Crippen LogP contribution in [0.25, 0.3) is 0 Å². The predicted molar refractivity (Wildman–Crippen MR) is 166 cm³/mol. The zero-order valence-corrected chi connectivity index (χ0v) is 27.4. The molecule has 0 spiro atoms. The quantitative estimate of drug-likeness (QED) is 0.178. The Morgan fingerprint density at radius 1 is 0.952 bits per heavy atom. The molecule has 2 rings (SSSR count). The molecule has 230 valence electrons. The number of alkyl halides is 3. The Morgan fingerprint density at radius 3 is 1.88 bits per heavy atom. The summed E-state index contributed by atoms with van der Waals surface area (Å²) in [6.07, 6.45) is -4.99. The number of nitrogens with two attached hydrogens (primary N) is 2. The minimum atomic E-state index is -4.99. The summed E-state index contributed by atoms with van der Waals surface area (Å²) in [4.78, 5) is 29.3. The molecule has 6 nitrogen and oxygen atoms in total. The van der Waals surface area contributed by atoms with E-state index in [2.05, 4.69) is 57.7 Å². The lowest BCUT2D eigenvalue weighted by molar-refractivity contribution is -0.274. The molecule has 0 radical (unpaired) electrons. The monoisotopic (exact) mass is 623 g/mol. The van der Waals surface area contributed by atoms with Crippen LogP contribution in [-0.4, -0.2) is 26.3 Å². The highest BCUT2D eigenvalue weighted by atomic mass is 35.5. The normalized spacial score (nSPS) is 13.9. The number of rotatable bonds is 8. The molecule has 0 saturated carbocycles. The second-order valence-electron chi connectivity index (χ2n) is 12.4. The molecule has 0 fully saturated rings. The second-order valence-corrected chi connectivity index (χ2v) is 18.3. The molecule has 4 N–H and O–H groups in total. The molecule has 2 aromatic carbocycles. The van der Waals surface area contributed by atoms with E-state index in [4.69, 9.17) is 23.1 Å². The molecule has 0 aliphatic rings. The number of benzene rings is 2. The molecule has 0 heterocycles. The molecular weight excluding hydrogens is 583 g/mol. The summed E-state index contributed by atoms with van der Waals surface area (Å²) in [5.41, 5.74) is 14.0. The largest absolute Gasteiger partial charge is 0.573 e. The van der Waals surface area contributed by atoms with Crippen molar-refractivity contribution in [1.29, 1.82) is 0 Å². The van der Waals surface area contributed by atoms with Crippen molar-refractivity contribution in [1.82, 2.24) is 0 Å². The van der Waals surface area contributed by atoms with E-state index in [1.807, 2.05) is 0 Å². The lowest BCUT2D eigenvalue weighted by Gasteiger charge is -2.50. The van der Waals surface area contributed by atoms with Crippen LogP contribution < -0.4 is 21.1 Å². The van der Waals surface area contributed by atoms with E-state index in [1.165, 1.54) is 6.07 Å². The Hall–Kier alpha value is -3.16.